The van der Waals surface area contributed by atoms with Gasteiger partial charge in [0.25, 0.3) is 0 Å². The fraction of sp³-hybridized carbons (Fsp3) is 0.182. The molecule has 14 heavy (non-hydrogen) atoms. The molecule has 0 heterocycles. The van der Waals surface area contributed by atoms with Crippen LogP contribution in [0.3, 0.4) is 0 Å². The molecule has 0 aliphatic carbocycles. The first-order valence-corrected chi connectivity index (χ1v) is 4.36. The molecule has 0 bridgehead atoms. The molecule has 0 saturated heterocycles. The summed E-state index contributed by atoms with van der Waals surface area (Å²) < 4.78 is 0. The fourth-order valence-electron chi connectivity index (χ4n) is 1.13. The molecule has 0 fully saturated rings. The molecule has 0 aliphatic heterocycles. The lowest BCUT2D eigenvalue weighted by Gasteiger charge is -1.99. The number of carboxylic acids is 1. The Kier molecular flexibility index (Phi) is 3.29. The highest BCUT2D eigenvalue weighted by molar-refractivity contribution is 5.92. The van der Waals surface area contributed by atoms with Crippen LogP contribution in [0, 0.1) is 0 Å². The number of hydrogen-bond acceptors (Lipinski definition) is 2. The van der Waals surface area contributed by atoms with Crippen molar-refractivity contribution in [2.45, 2.75) is 13.3 Å². The van der Waals surface area contributed by atoms with Crippen molar-refractivity contribution in [3.05, 3.63) is 35.4 Å². The van der Waals surface area contributed by atoms with Gasteiger partial charge in [0.05, 0.1) is 0 Å². The van der Waals surface area contributed by atoms with Crippen molar-refractivity contribution in [3.63, 3.8) is 0 Å². The zero-order valence-corrected chi connectivity index (χ0v) is 7.90. The van der Waals surface area contributed by atoms with Gasteiger partial charge in [-0.05, 0) is 30.2 Å². The quantitative estimate of drug-likeness (QED) is 0.722. The van der Waals surface area contributed by atoms with Crippen LogP contribution < -0.4 is 0 Å². The van der Waals surface area contributed by atoms with Crippen molar-refractivity contribution in [1.82, 2.24) is 0 Å². The summed E-state index contributed by atoms with van der Waals surface area (Å²) in [4.78, 5) is 10.7. The van der Waals surface area contributed by atoms with Crippen LogP contribution in [0.4, 0.5) is 0 Å². The van der Waals surface area contributed by atoms with Gasteiger partial charge in [0.1, 0.15) is 5.75 Å². The smallest absolute Gasteiger partial charge is 0.331 e. The van der Waals surface area contributed by atoms with Crippen LogP contribution in [0.25, 0.3) is 6.08 Å². The summed E-state index contributed by atoms with van der Waals surface area (Å²) in [5, 5.41) is 17.9. The Balaban J connectivity index is 3.00. The molecular weight excluding hydrogens is 180 g/mol. The van der Waals surface area contributed by atoms with E-state index in [4.69, 9.17) is 10.2 Å². The summed E-state index contributed by atoms with van der Waals surface area (Å²) in [6.07, 6.45) is 2.02. The Hall–Kier alpha value is -1.77. The SMILES string of the molecule is CC/C(=C/c1cccc(O)c1)C(=O)O. The van der Waals surface area contributed by atoms with Crippen LogP contribution in [0.1, 0.15) is 18.9 Å². The van der Waals surface area contributed by atoms with Gasteiger partial charge < -0.3 is 10.2 Å². The second kappa shape index (κ2) is 4.46. The van der Waals surface area contributed by atoms with Gasteiger partial charge in [-0.2, -0.15) is 0 Å². The minimum absolute atomic E-state index is 0.139. The summed E-state index contributed by atoms with van der Waals surface area (Å²) in [5.74, 6) is -0.782. The summed E-state index contributed by atoms with van der Waals surface area (Å²) in [5.41, 5.74) is 1.03. The number of hydrogen-bond donors (Lipinski definition) is 2. The van der Waals surface area contributed by atoms with Gasteiger partial charge in [-0.15, -0.1) is 0 Å². The van der Waals surface area contributed by atoms with Crippen molar-refractivity contribution >= 4 is 12.0 Å². The number of aromatic hydroxyl groups is 1. The minimum Gasteiger partial charge on any atom is -0.508 e. The monoisotopic (exact) mass is 192 g/mol. The lowest BCUT2D eigenvalue weighted by molar-refractivity contribution is -0.132. The van der Waals surface area contributed by atoms with Gasteiger partial charge in [0.2, 0.25) is 0 Å². The van der Waals surface area contributed by atoms with Crippen molar-refractivity contribution in [1.29, 1.82) is 0 Å². The highest BCUT2D eigenvalue weighted by atomic mass is 16.4. The maximum Gasteiger partial charge on any atom is 0.331 e. The molecular formula is C11H12O3. The van der Waals surface area contributed by atoms with Crippen LogP contribution >= 0.6 is 0 Å². The largest absolute Gasteiger partial charge is 0.508 e. The molecule has 0 spiro atoms. The molecule has 1 rings (SSSR count). The van der Waals surface area contributed by atoms with Crippen LogP contribution in [0.15, 0.2) is 29.8 Å². The summed E-state index contributed by atoms with van der Waals surface area (Å²) >= 11 is 0. The maximum absolute atomic E-state index is 10.7. The van der Waals surface area contributed by atoms with Crippen molar-refractivity contribution in [2.24, 2.45) is 0 Å². The van der Waals surface area contributed by atoms with Crippen LogP contribution in [-0.4, -0.2) is 16.2 Å². The lowest BCUT2D eigenvalue weighted by Crippen LogP contribution is -1.98. The third-order valence-electron chi connectivity index (χ3n) is 1.87. The predicted octanol–water partition coefficient (Wildman–Crippen LogP) is 2.27. The topological polar surface area (TPSA) is 57.5 Å². The van der Waals surface area contributed by atoms with E-state index in [1.165, 1.54) is 6.07 Å². The Morgan fingerprint density at radius 3 is 2.71 bits per heavy atom. The van der Waals surface area contributed by atoms with Crippen LogP contribution in [-0.2, 0) is 4.79 Å². The fourth-order valence-corrected chi connectivity index (χ4v) is 1.13. The lowest BCUT2D eigenvalue weighted by atomic mass is 10.1. The highest BCUT2D eigenvalue weighted by Gasteiger charge is 2.03. The van der Waals surface area contributed by atoms with E-state index in [1.807, 2.05) is 0 Å². The molecule has 3 nitrogen and oxygen atoms in total. The van der Waals surface area contributed by atoms with E-state index >= 15 is 0 Å². The molecule has 0 atom stereocenters. The summed E-state index contributed by atoms with van der Waals surface area (Å²) in [7, 11) is 0. The van der Waals surface area contributed by atoms with Gasteiger partial charge in [-0.25, -0.2) is 4.79 Å². The second-order valence-corrected chi connectivity index (χ2v) is 2.92. The first kappa shape index (κ1) is 10.3. The molecule has 3 heteroatoms. The molecule has 2 N–H and O–H groups in total. The van der Waals surface area contributed by atoms with E-state index in [1.54, 1.807) is 31.2 Å². The number of aliphatic carboxylic acids is 1. The molecule has 1 aromatic rings. The van der Waals surface area contributed by atoms with Gasteiger partial charge in [0.15, 0.2) is 0 Å². The number of carbonyl (C=O) groups is 1. The number of benzene rings is 1. The van der Waals surface area contributed by atoms with E-state index in [0.29, 0.717) is 17.6 Å². The van der Waals surface area contributed by atoms with E-state index < -0.39 is 5.97 Å². The average molecular weight is 192 g/mol. The number of phenolic OH excluding ortho intramolecular Hbond substituents is 1. The van der Waals surface area contributed by atoms with Crippen molar-refractivity contribution in [3.8, 4) is 5.75 Å². The molecule has 0 aromatic heterocycles. The molecule has 0 unspecified atom stereocenters. The van der Waals surface area contributed by atoms with E-state index in [-0.39, 0.29) is 5.75 Å². The standard InChI is InChI=1S/C11H12O3/c1-2-9(11(13)14)6-8-4-3-5-10(12)7-8/h3-7,12H,2H2,1H3,(H,13,14)/b9-6-. The zero-order chi connectivity index (χ0) is 10.6. The molecule has 0 saturated carbocycles. The first-order chi connectivity index (χ1) is 6.63. The molecule has 0 aliphatic rings. The Labute approximate surface area is 82.3 Å². The maximum atomic E-state index is 10.7. The zero-order valence-electron chi connectivity index (χ0n) is 7.90. The normalized spacial score (nSPS) is 11.4. The number of rotatable bonds is 3. The summed E-state index contributed by atoms with van der Waals surface area (Å²) in [6.45, 7) is 1.78. The Morgan fingerprint density at radius 2 is 2.21 bits per heavy atom. The average Bonchev–Trinajstić information content (AvgIpc) is 2.14. The molecule has 0 amide bonds. The van der Waals surface area contributed by atoms with Crippen LogP contribution in [0.5, 0.6) is 5.75 Å². The van der Waals surface area contributed by atoms with Crippen molar-refractivity contribution in [2.75, 3.05) is 0 Å². The molecule has 74 valence electrons. The second-order valence-electron chi connectivity index (χ2n) is 2.92. The molecule has 0 radical (unpaired) electrons. The van der Waals surface area contributed by atoms with E-state index in [0.717, 1.165) is 0 Å². The van der Waals surface area contributed by atoms with Gasteiger partial charge in [-0.3, -0.25) is 0 Å². The summed E-state index contributed by atoms with van der Waals surface area (Å²) in [6, 6.07) is 6.50. The Bertz CT molecular complexity index is 367. The molecule has 1 aromatic carbocycles. The van der Waals surface area contributed by atoms with E-state index in [9.17, 15) is 4.79 Å². The predicted molar refractivity (Wildman–Crippen MR) is 54.0 cm³/mol. The Morgan fingerprint density at radius 1 is 1.50 bits per heavy atom. The van der Waals surface area contributed by atoms with E-state index in [2.05, 4.69) is 0 Å². The number of carboxylic acid groups (broad SMARTS) is 1. The first-order valence-electron chi connectivity index (χ1n) is 4.36. The van der Waals surface area contributed by atoms with Gasteiger partial charge in [-0.1, -0.05) is 19.1 Å². The number of phenols is 1. The van der Waals surface area contributed by atoms with Gasteiger partial charge in [0, 0.05) is 5.57 Å². The third-order valence-corrected chi connectivity index (χ3v) is 1.87. The van der Waals surface area contributed by atoms with Crippen LogP contribution in [0.2, 0.25) is 0 Å². The third kappa shape index (κ3) is 2.62. The van der Waals surface area contributed by atoms with Crippen molar-refractivity contribution < 1.29 is 15.0 Å². The highest BCUT2D eigenvalue weighted by Crippen LogP contribution is 2.15. The van der Waals surface area contributed by atoms with Gasteiger partial charge >= 0.3 is 5.97 Å². The minimum atomic E-state index is -0.921.